The molecule has 9 nitrogen and oxygen atoms in total. The topological polar surface area (TPSA) is 117 Å². The van der Waals surface area contributed by atoms with Gasteiger partial charge in [0.05, 0.1) is 19.3 Å². The molecule has 5 atom stereocenters. The summed E-state index contributed by atoms with van der Waals surface area (Å²) in [4.78, 5) is 26.2. The Kier molecular flexibility index (Phi) is 14.4. The summed E-state index contributed by atoms with van der Waals surface area (Å²) in [6.07, 6.45) is 8.31. The van der Waals surface area contributed by atoms with Crippen molar-refractivity contribution < 1.29 is 34.0 Å². The van der Waals surface area contributed by atoms with Gasteiger partial charge < -0.3 is 24.2 Å². The van der Waals surface area contributed by atoms with Gasteiger partial charge in [-0.15, -0.1) is 22.0 Å². The van der Waals surface area contributed by atoms with Gasteiger partial charge in [-0.25, -0.2) is 0 Å². The largest absolute Gasteiger partial charge is 0.489 e. The second-order valence-corrected chi connectivity index (χ2v) is 9.55. The van der Waals surface area contributed by atoms with E-state index in [1.165, 1.54) is 5.56 Å². The van der Waals surface area contributed by atoms with Gasteiger partial charge in [0, 0.05) is 24.3 Å². The summed E-state index contributed by atoms with van der Waals surface area (Å²) < 4.78 is 16.6. The Morgan fingerprint density at radius 2 is 2.08 bits per heavy atom. The van der Waals surface area contributed by atoms with Crippen molar-refractivity contribution in [2.24, 2.45) is 11.8 Å². The number of para-hydroxylation sites is 1. The van der Waals surface area contributed by atoms with E-state index in [9.17, 15) is 20.0 Å². The number of allylic oxidation sites excluding steroid dienone is 1. The van der Waals surface area contributed by atoms with E-state index in [-0.39, 0.29) is 50.3 Å². The highest BCUT2D eigenvalue weighted by Gasteiger charge is 2.44. The lowest BCUT2D eigenvalue weighted by atomic mass is 9.86. The molecule has 1 aromatic carbocycles. The molecule has 2 aliphatic rings. The number of aliphatic hydroxyl groups is 1. The van der Waals surface area contributed by atoms with Crippen molar-refractivity contribution >= 4 is 5.97 Å². The van der Waals surface area contributed by atoms with Gasteiger partial charge in [0.15, 0.2) is 6.79 Å². The Hall–Kier alpha value is -3.09. The molecular formula is C30H43NO8. The molecule has 5 unspecified atom stereocenters. The summed E-state index contributed by atoms with van der Waals surface area (Å²) in [5, 5.41) is 19.7. The lowest BCUT2D eigenvalue weighted by molar-refractivity contribution is -0.757. The molecule has 3 rings (SSSR count). The van der Waals surface area contributed by atoms with E-state index in [1.807, 2.05) is 45.9 Å². The second kappa shape index (κ2) is 17.5. The first-order chi connectivity index (χ1) is 18.9. The first-order valence-electron chi connectivity index (χ1n) is 14.0. The van der Waals surface area contributed by atoms with Crippen molar-refractivity contribution in [1.82, 2.24) is 0 Å². The molecule has 0 amide bonds. The maximum atomic E-state index is 12.0. The minimum absolute atomic E-state index is 0.0565. The summed E-state index contributed by atoms with van der Waals surface area (Å²) in [6.45, 7) is 7.79. The molecule has 0 bridgehead atoms. The molecular weight excluding hydrogens is 502 g/mol. The number of hydrogen-bond donors (Lipinski definition) is 1. The predicted molar refractivity (Wildman–Crippen MR) is 147 cm³/mol. The van der Waals surface area contributed by atoms with Crippen LogP contribution in [0.15, 0.2) is 30.4 Å². The van der Waals surface area contributed by atoms with E-state index in [0.29, 0.717) is 31.6 Å². The number of esters is 1. The van der Waals surface area contributed by atoms with Crippen LogP contribution in [0.1, 0.15) is 83.3 Å². The second-order valence-electron chi connectivity index (χ2n) is 9.55. The number of carbonyl (C=O) groups excluding carboxylic acids is 1. The number of fused-ring (bicyclic) bond motifs is 3. The van der Waals surface area contributed by atoms with Crippen LogP contribution in [0.2, 0.25) is 0 Å². The van der Waals surface area contributed by atoms with Gasteiger partial charge in [0.25, 0.3) is 5.09 Å². The number of aryl methyl sites for hydroxylation is 1. The molecule has 216 valence electrons. The van der Waals surface area contributed by atoms with Gasteiger partial charge in [-0.05, 0) is 56.4 Å². The third-order valence-electron chi connectivity index (χ3n) is 6.90. The molecule has 0 aromatic heterocycles. The zero-order valence-electron chi connectivity index (χ0n) is 23.6. The van der Waals surface area contributed by atoms with Crippen LogP contribution < -0.4 is 4.74 Å². The first kappa shape index (κ1) is 32.1. The van der Waals surface area contributed by atoms with Gasteiger partial charge in [-0.1, -0.05) is 51.1 Å². The monoisotopic (exact) mass is 545 g/mol. The number of nitrogens with zero attached hydrogens (tertiary/aromatic N) is 1. The fourth-order valence-corrected chi connectivity index (χ4v) is 4.92. The first-order valence-corrected chi connectivity index (χ1v) is 14.0. The predicted octanol–water partition coefficient (Wildman–Crippen LogP) is 5.37. The van der Waals surface area contributed by atoms with Crippen LogP contribution in [0.25, 0.3) is 0 Å². The Morgan fingerprint density at radius 1 is 1.28 bits per heavy atom. The zero-order chi connectivity index (χ0) is 28.6. The van der Waals surface area contributed by atoms with Crippen LogP contribution in [0.5, 0.6) is 5.75 Å². The molecule has 0 radical (unpaired) electrons. The Bertz CT molecular complexity index is 998. The van der Waals surface area contributed by atoms with Crippen LogP contribution in [0.3, 0.4) is 0 Å². The van der Waals surface area contributed by atoms with E-state index in [2.05, 4.69) is 28.8 Å². The van der Waals surface area contributed by atoms with Crippen LogP contribution in [0, 0.1) is 33.8 Å². The number of aliphatic hydroxyl groups excluding tert-OH is 1. The van der Waals surface area contributed by atoms with Gasteiger partial charge in [-0.3, -0.25) is 4.79 Å². The van der Waals surface area contributed by atoms with Crippen molar-refractivity contribution in [2.75, 3.05) is 20.0 Å². The normalized spacial score (nSPS) is 20.4. The van der Waals surface area contributed by atoms with Gasteiger partial charge >= 0.3 is 5.97 Å². The van der Waals surface area contributed by atoms with Crippen molar-refractivity contribution in [3.63, 3.8) is 0 Å². The molecule has 1 saturated carbocycles. The standard InChI is InChI=1S/C28H37NO8.C2H6/c1-3-4-8-20(2)24(30)15-13-21-14-16-25-27(21)23-11-5-9-22(28(23)37-25)10-6-12-26(31)35-19-34-17-7-18-36-29(32)33;1-2/h5,9,11,13,15,20-21,24-25,27,30H,6-8,10,12,14,16-19H2,1-2H3;1-2H3/b15-13+;. The minimum atomic E-state index is -0.854. The number of benzene rings is 1. The molecule has 1 fully saturated rings. The zero-order valence-corrected chi connectivity index (χ0v) is 23.6. The molecule has 0 spiro atoms. The molecule has 1 N–H and O–H groups in total. The Balaban J connectivity index is 0.00000260. The number of carbonyl (C=O) groups is 1. The molecule has 9 heteroatoms. The molecule has 39 heavy (non-hydrogen) atoms. The van der Waals surface area contributed by atoms with Crippen LogP contribution in [-0.2, 0) is 25.5 Å². The van der Waals surface area contributed by atoms with Gasteiger partial charge in [-0.2, -0.15) is 0 Å². The quantitative estimate of drug-likeness (QED) is 0.0594. The SMILES string of the molecule is CC.CC#CCC(C)C(O)/C=C/C1CCC2Oc3c(CCCC(=O)OCOCCCO[N+](=O)[O-])cccc3C12. The van der Waals surface area contributed by atoms with E-state index >= 15 is 0 Å². The van der Waals surface area contributed by atoms with Crippen molar-refractivity contribution in [3.05, 3.63) is 51.6 Å². The summed E-state index contributed by atoms with van der Waals surface area (Å²) in [5.74, 6) is 7.20. The van der Waals surface area contributed by atoms with Gasteiger partial charge in [0.2, 0.25) is 0 Å². The van der Waals surface area contributed by atoms with E-state index in [4.69, 9.17) is 14.2 Å². The lowest BCUT2D eigenvalue weighted by Crippen LogP contribution is -2.17. The molecule has 1 aliphatic carbocycles. The average molecular weight is 546 g/mol. The molecule has 1 heterocycles. The fraction of sp³-hybridized carbons (Fsp3) is 0.633. The third kappa shape index (κ3) is 10.2. The number of ether oxygens (including phenoxy) is 3. The molecule has 1 aliphatic heterocycles. The molecule has 1 aromatic rings. The van der Waals surface area contributed by atoms with E-state index in [1.54, 1.807) is 0 Å². The maximum absolute atomic E-state index is 12.0. The van der Waals surface area contributed by atoms with Crippen molar-refractivity contribution in [2.45, 2.75) is 90.8 Å². The number of rotatable bonds is 15. The van der Waals surface area contributed by atoms with Crippen LogP contribution in [0.4, 0.5) is 0 Å². The van der Waals surface area contributed by atoms with E-state index < -0.39 is 11.2 Å². The highest BCUT2D eigenvalue weighted by Crippen LogP contribution is 2.52. The lowest BCUT2D eigenvalue weighted by Gasteiger charge is -2.17. The minimum Gasteiger partial charge on any atom is -0.489 e. The average Bonchev–Trinajstić information content (AvgIpc) is 3.51. The summed E-state index contributed by atoms with van der Waals surface area (Å²) >= 11 is 0. The van der Waals surface area contributed by atoms with Gasteiger partial charge in [0.1, 0.15) is 11.9 Å². The smallest absolute Gasteiger partial charge is 0.307 e. The summed E-state index contributed by atoms with van der Waals surface area (Å²) in [6, 6.07) is 6.23. The molecule has 0 saturated heterocycles. The van der Waals surface area contributed by atoms with Crippen molar-refractivity contribution in [1.29, 1.82) is 0 Å². The van der Waals surface area contributed by atoms with Crippen LogP contribution >= 0.6 is 0 Å². The summed E-state index contributed by atoms with van der Waals surface area (Å²) in [7, 11) is 0. The van der Waals surface area contributed by atoms with Crippen LogP contribution in [-0.4, -0.2) is 48.4 Å². The summed E-state index contributed by atoms with van der Waals surface area (Å²) in [5.41, 5.74) is 2.31. The fourth-order valence-electron chi connectivity index (χ4n) is 4.92. The Morgan fingerprint density at radius 3 is 2.82 bits per heavy atom. The Labute approximate surface area is 232 Å². The maximum Gasteiger partial charge on any atom is 0.307 e. The highest BCUT2D eigenvalue weighted by atomic mass is 16.9. The van der Waals surface area contributed by atoms with Crippen molar-refractivity contribution in [3.8, 4) is 17.6 Å². The number of hydrogen-bond acceptors (Lipinski definition) is 8. The third-order valence-corrected chi connectivity index (χ3v) is 6.90. The highest BCUT2D eigenvalue weighted by molar-refractivity contribution is 5.69. The van der Waals surface area contributed by atoms with E-state index in [0.717, 1.165) is 24.2 Å².